The van der Waals surface area contributed by atoms with Crippen LogP contribution in [0.1, 0.15) is 17.2 Å². The lowest BCUT2D eigenvalue weighted by Crippen LogP contribution is -2.23. The molecular weight excluding hydrogens is 376 g/mol. The van der Waals surface area contributed by atoms with Crippen molar-refractivity contribution in [1.82, 2.24) is 14.6 Å². The zero-order chi connectivity index (χ0) is 20.4. The van der Waals surface area contributed by atoms with Crippen molar-refractivity contribution in [1.29, 1.82) is 0 Å². The SMILES string of the molecule is O=[N+]([O-])c1cccc(C(Nn2c([N+](=O)[O-])nc3ccccc32)c2ccncc2)c1. The first-order chi connectivity index (χ1) is 14.0. The lowest BCUT2D eigenvalue weighted by molar-refractivity contribution is -0.395. The van der Waals surface area contributed by atoms with Crippen LogP contribution in [0, 0.1) is 20.2 Å². The van der Waals surface area contributed by atoms with E-state index in [4.69, 9.17) is 0 Å². The van der Waals surface area contributed by atoms with Gasteiger partial charge in [0.1, 0.15) is 6.04 Å². The molecule has 10 heteroatoms. The van der Waals surface area contributed by atoms with Crippen LogP contribution in [0.3, 0.4) is 0 Å². The van der Waals surface area contributed by atoms with E-state index in [1.165, 1.54) is 16.8 Å². The van der Waals surface area contributed by atoms with Crippen molar-refractivity contribution in [3.8, 4) is 0 Å². The Bertz CT molecular complexity index is 1210. The molecule has 144 valence electrons. The van der Waals surface area contributed by atoms with Crippen LogP contribution in [0.2, 0.25) is 0 Å². The molecule has 0 bridgehead atoms. The summed E-state index contributed by atoms with van der Waals surface area (Å²) in [5.74, 6) is -0.379. The Balaban J connectivity index is 1.87. The van der Waals surface area contributed by atoms with Gasteiger partial charge in [-0.05, 0) is 40.3 Å². The molecule has 2 aromatic carbocycles. The van der Waals surface area contributed by atoms with E-state index in [2.05, 4.69) is 15.4 Å². The molecule has 0 aliphatic rings. The van der Waals surface area contributed by atoms with E-state index in [1.807, 2.05) is 0 Å². The van der Waals surface area contributed by atoms with E-state index in [1.54, 1.807) is 60.9 Å². The summed E-state index contributed by atoms with van der Waals surface area (Å²) in [5, 5.41) is 22.8. The monoisotopic (exact) mass is 390 g/mol. The van der Waals surface area contributed by atoms with E-state index < -0.39 is 15.9 Å². The van der Waals surface area contributed by atoms with Gasteiger partial charge in [-0.15, -0.1) is 4.68 Å². The summed E-state index contributed by atoms with van der Waals surface area (Å²) in [6.45, 7) is 0. The molecule has 2 heterocycles. The Morgan fingerprint density at radius 1 is 0.897 bits per heavy atom. The highest BCUT2D eigenvalue weighted by atomic mass is 16.6. The smallest absolute Gasteiger partial charge is 0.390 e. The minimum atomic E-state index is -0.616. The molecule has 0 amide bonds. The van der Waals surface area contributed by atoms with Gasteiger partial charge in [-0.3, -0.25) is 20.5 Å². The number of non-ortho nitro benzene ring substituents is 1. The van der Waals surface area contributed by atoms with Crippen LogP contribution in [0.15, 0.2) is 73.1 Å². The summed E-state index contributed by atoms with van der Waals surface area (Å²) in [7, 11) is 0. The Hall–Kier alpha value is -4.34. The number of nitrogens with zero attached hydrogens (tertiary/aromatic N) is 5. The number of imidazole rings is 1. The second kappa shape index (κ2) is 7.35. The van der Waals surface area contributed by atoms with Gasteiger partial charge in [0.2, 0.25) is 0 Å². The molecule has 0 aliphatic heterocycles. The van der Waals surface area contributed by atoms with Gasteiger partial charge in [0.25, 0.3) is 5.69 Å². The Morgan fingerprint density at radius 2 is 1.66 bits per heavy atom. The molecule has 0 spiro atoms. The van der Waals surface area contributed by atoms with Crippen molar-refractivity contribution < 1.29 is 9.85 Å². The van der Waals surface area contributed by atoms with Crippen molar-refractivity contribution in [3.63, 3.8) is 0 Å². The largest absolute Gasteiger partial charge is 0.457 e. The molecule has 2 aromatic heterocycles. The number of hydrogen-bond donors (Lipinski definition) is 1. The summed E-state index contributed by atoms with van der Waals surface area (Å²) in [4.78, 5) is 29.8. The minimum Gasteiger partial charge on any atom is -0.390 e. The molecule has 29 heavy (non-hydrogen) atoms. The van der Waals surface area contributed by atoms with Crippen molar-refractivity contribution in [2.45, 2.75) is 6.04 Å². The number of nitro benzene ring substituents is 1. The molecule has 0 radical (unpaired) electrons. The highest BCUT2D eigenvalue weighted by Gasteiger charge is 2.26. The number of nitrogens with one attached hydrogen (secondary N) is 1. The van der Waals surface area contributed by atoms with Gasteiger partial charge in [0, 0.05) is 24.5 Å². The topological polar surface area (TPSA) is 129 Å². The second-order valence-electron chi connectivity index (χ2n) is 6.19. The molecule has 1 atom stereocenters. The highest BCUT2D eigenvalue weighted by molar-refractivity contribution is 5.77. The van der Waals surface area contributed by atoms with Crippen LogP contribution < -0.4 is 5.43 Å². The van der Waals surface area contributed by atoms with E-state index in [0.717, 1.165) is 5.56 Å². The standard InChI is InChI=1S/C19H14N6O4/c26-24(27)15-5-3-4-14(12-15)18(13-8-10-20-11-9-13)22-23-17-7-2-1-6-16(17)21-19(23)25(28)29/h1-12,18,22H. The predicted molar refractivity (Wildman–Crippen MR) is 105 cm³/mol. The van der Waals surface area contributed by atoms with Crippen molar-refractivity contribution in [3.05, 3.63) is 104 Å². The van der Waals surface area contributed by atoms with Gasteiger partial charge in [-0.25, -0.2) is 0 Å². The van der Waals surface area contributed by atoms with Crippen LogP contribution in [0.25, 0.3) is 11.0 Å². The average Bonchev–Trinajstić information content (AvgIpc) is 3.11. The third kappa shape index (κ3) is 3.46. The van der Waals surface area contributed by atoms with Crippen molar-refractivity contribution >= 4 is 22.7 Å². The predicted octanol–water partition coefficient (Wildman–Crippen LogP) is 3.58. The maximum atomic E-state index is 11.6. The molecule has 1 unspecified atom stereocenters. The van der Waals surface area contributed by atoms with Gasteiger partial charge in [-0.2, -0.15) is 0 Å². The van der Waals surface area contributed by atoms with Crippen molar-refractivity contribution in [2.75, 3.05) is 5.43 Å². The quantitative estimate of drug-likeness (QED) is 0.393. The molecule has 0 saturated heterocycles. The van der Waals surface area contributed by atoms with Gasteiger partial charge in [0.15, 0.2) is 11.0 Å². The number of aromatic nitrogens is 3. The highest BCUT2D eigenvalue weighted by Crippen LogP contribution is 2.28. The summed E-state index contributed by atoms with van der Waals surface area (Å²) < 4.78 is 1.29. The van der Waals surface area contributed by atoms with E-state index in [9.17, 15) is 20.2 Å². The fraction of sp³-hybridized carbons (Fsp3) is 0.0526. The first-order valence-electron chi connectivity index (χ1n) is 8.57. The zero-order valence-corrected chi connectivity index (χ0v) is 14.9. The van der Waals surface area contributed by atoms with E-state index >= 15 is 0 Å². The first kappa shape index (κ1) is 18.0. The van der Waals surface area contributed by atoms with Crippen LogP contribution in [0.4, 0.5) is 11.6 Å². The number of para-hydroxylation sites is 2. The van der Waals surface area contributed by atoms with E-state index in [0.29, 0.717) is 16.6 Å². The minimum absolute atomic E-state index is 0.0756. The number of nitro groups is 2. The molecule has 0 fully saturated rings. The van der Waals surface area contributed by atoms with Crippen LogP contribution in [-0.2, 0) is 0 Å². The van der Waals surface area contributed by atoms with Gasteiger partial charge >= 0.3 is 5.95 Å². The summed E-state index contributed by atoms with van der Waals surface area (Å²) in [5.41, 5.74) is 5.31. The maximum absolute atomic E-state index is 11.6. The normalized spacial score (nSPS) is 11.9. The second-order valence-corrected chi connectivity index (χ2v) is 6.19. The molecule has 4 aromatic rings. The fourth-order valence-corrected chi connectivity index (χ4v) is 3.11. The lowest BCUT2D eigenvalue weighted by Gasteiger charge is -2.19. The molecular formula is C19H14N6O4. The fourth-order valence-electron chi connectivity index (χ4n) is 3.11. The maximum Gasteiger partial charge on any atom is 0.457 e. The summed E-state index contributed by atoms with van der Waals surface area (Å²) >= 11 is 0. The number of hydrogen-bond acceptors (Lipinski definition) is 7. The Morgan fingerprint density at radius 3 is 2.38 bits per heavy atom. The van der Waals surface area contributed by atoms with Gasteiger partial charge in [-0.1, -0.05) is 29.2 Å². The average molecular weight is 390 g/mol. The first-order valence-corrected chi connectivity index (χ1v) is 8.57. The summed E-state index contributed by atoms with van der Waals surface area (Å²) in [6, 6.07) is 15.8. The molecule has 10 nitrogen and oxygen atoms in total. The number of fused-ring (bicyclic) bond motifs is 1. The van der Waals surface area contributed by atoms with Crippen LogP contribution >= 0.6 is 0 Å². The number of rotatable bonds is 6. The van der Waals surface area contributed by atoms with Crippen LogP contribution in [-0.4, -0.2) is 24.5 Å². The third-order valence-corrected chi connectivity index (χ3v) is 4.42. The molecule has 1 N–H and O–H groups in total. The summed E-state index contributed by atoms with van der Waals surface area (Å²) in [6.07, 6.45) is 3.17. The van der Waals surface area contributed by atoms with Crippen molar-refractivity contribution in [2.24, 2.45) is 0 Å². The third-order valence-electron chi connectivity index (χ3n) is 4.42. The number of pyridine rings is 1. The lowest BCUT2D eigenvalue weighted by atomic mass is 10.00. The van der Waals surface area contributed by atoms with E-state index in [-0.39, 0.29) is 11.6 Å². The molecule has 4 rings (SSSR count). The van der Waals surface area contributed by atoms with Gasteiger partial charge in [0.05, 0.1) is 4.92 Å². The number of benzene rings is 2. The van der Waals surface area contributed by atoms with Gasteiger partial charge < -0.3 is 10.1 Å². The van der Waals surface area contributed by atoms with Crippen LogP contribution in [0.5, 0.6) is 0 Å². The molecule has 0 saturated carbocycles. The zero-order valence-electron chi connectivity index (χ0n) is 14.9. The Kier molecular flexibility index (Phi) is 4.57. The molecule has 0 aliphatic carbocycles. The Labute approximate surface area is 163 Å².